The molecule has 2 aromatic rings. The number of halogens is 3. The molecular weight excluding hydrogens is 325 g/mol. The van der Waals surface area contributed by atoms with Gasteiger partial charge < -0.3 is 15.0 Å². The topological polar surface area (TPSA) is 80.0 Å². The van der Waals surface area contributed by atoms with Gasteiger partial charge in [0.25, 0.3) is 5.91 Å². The van der Waals surface area contributed by atoms with Crippen molar-refractivity contribution in [1.29, 1.82) is 0 Å². The highest BCUT2D eigenvalue weighted by molar-refractivity contribution is 5.95. The van der Waals surface area contributed by atoms with Crippen LogP contribution in [0.5, 0.6) is 0 Å². The Morgan fingerprint density at radius 3 is 2.58 bits per heavy atom. The molecule has 0 saturated heterocycles. The summed E-state index contributed by atoms with van der Waals surface area (Å²) in [4.78, 5) is 19.6. The Hall–Kier alpha value is -2.42. The Labute approximate surface area is 136 Å². The zero-order valence-corrected chi connectivity index (χ0v) is 13.1. The van der Waals surface area contributed by atoms with Crippen LogP contribution in [-0.2, 0) is 12.6 Å². The molecule has 0 aliphatic heterocycles. The predicted octanol–water partition coefficient (Wildman–Crippen LogP) is 1.69. The first-order valence-electron chi connectivity index (χ1n) is 7.13. The molecule has 0 saturated carbocycles. The number of pyridine rings is 1. The van der Waals surface area contributed by atoms with Gasteiger partial charge in [-0.05, 0) is 19.1 Å². The average molecular weight is 342 g/mol. The minimum Gasteiger partial charge on any atom is -0.374 e. The summed E-state index contributed by atoms with van der Waals surface area (Å²) in [7, 11) is 1.36. The third-order valence-corrected chi connectivity index (χ3v) is 3.68. The fraction of sp³-hybridized carbons (Fsp3) is 0.400. The van der Waals surface area contributed by atoms with Crippen LogP contribution in [0.2, 0.25) is 0 Å². The zero-order chi connectivity index (χ0) is 18.0. The normalized spacial score (nSPS) is 14.2. The van der Waals surface area contributed by atoms with Gasteiger partial charge in [0.15, 0.2) is 0 Å². The summed E-state index contributed by atoms with van der Waals surface area (Å²) in [5.74, 6) is -1.08. The number of nitrogens with zero attached hydrogens (tertiary/aromatic N) is 3. The van der Waals surface area contributed by atoms with E-state index < -0.39 is 29.9 Å². The number of aromatic nitrogens is 3. The molecule has 2 aromatic heterocycles. The number of alkyl halides is 3. The first-order valence-corrected chi connectivity index (χ1v) is 7.13. The predicted molar refractivity (Wildman–Crippen MR) is 79.1 cm³/mol. The van der Waals surface area contributed by atoms with E-state index in [1.807, 2.05) is 0 Å². The smallest absolute Gasteiger partial charge is 0.374 e. The molecule has 0 radical (unpaired) electrons. The summed E-state index contributed by atoms with van der Waals surface area (Å²) < 4.78 is 41.1. The van der Waals surface area contributed by atoms with Gasteiger partial charge >= 0.3 is 6.18 Å². The number of amides is 1. The monoisotopic (exact) mass is 342 g/mol. The van der Waals surface area contributed by atoms with Crippen LogP contribution in [-0.4, -0.2) is 38.3 Å². The summed E-state index contributed by atoms with van der Waals surface area (Å²) in [6.45, 7) is 1.24. The van der Waals surface area contributed by atoms with Crippen LogP contribution in [0.15, 0.2) is 30.7 Å². The van der Waals surface area contributed by atoms with Gasteiger partial charge in [-0.2, -0.15) is 13.2 Å². The summed E-state index contributed by atoms with van der Waals surface area (Å²) in [6.07, 6.45) is -1.70. The van der Waals surface area contributed by atoms with Gasteiger partial charge in [0.05, 0.1) is 5.56 Å². The number of aryl methyl sites for hydroxylation is 2. The molecule has 0 aliphatic carbocycles. The number of aliphatic hydroxyl groups is 1. The number of carbonyl (C=O) groups excluding carboxylic acids is 1. The molecule has 0 aromatic carbocycles. The van der Waals surface area contributed by atoms with Crippen LogP contribution in [0.1, 0.15) is 28.3 Å². The van der Waals surface area contributed by atoms with Crippen LogP contribution >= 0.6 is 0 Å². The third-order valence-electron chi connectivity index (χ3n) is 3.68. The van der Waals surface area contributed by atoms with E-state index in [0.29, 0.717) is 5.69 Å². The molecule has 0 spiro atoms. The van der Waals surface area contributed by atoms with Crippen LogP contribution in [0, 0.1) is 6.92 Å². The summed E-state index contributed by atoms with van der Waals surface area (Å²) in [6, 6.07) is 3.08. The van der Waals surface area contributed by atoms with Gasteiger partial charge in [-0.3, -0.25) is 9.78 Å². The second-order valence-electron chi connectivity index (χ2n) is 5.36. The molecule has 0 fully saturated rings. The molecular formula is C15H17F3N4O2. The lowest BCUT2D eigenvalue weighted by atomic mass is 9.97. The first-order chi connectivity index (χ1) is 11.2. The van der Waals surface area contributed by atoms with E-state index in [4.69, 9.17) is 0 Å². The van der Waals surface area contributed by atoms with Gasteiger partial charge in [-0.25, -0.2) is 4.98 Å². The van der Waals surface area contributed by atoms with Crippen LogP contribution in [0.4, 0.5) is 13.2 Å². The molecule has 2 rings (SSSR count). The van der Waals surface area contributed by atoms with Crippen molar-refractivity contribution in [2.24, 2.45) is 7.05 Å². The molecule has 130 valence electrons. The van der Waals surface area contributed by atoms with Gasteiger partial charge in [0.2, 0.25) is 5.60 Å². The minimum atomic E-state index is -4.93. The molecule has 24 heavy (non-hydrogen) atoms. The second kappa shape index (κ2) is 6.60. The minimum absolute atomic E-state index is 0.269. The lowest BCUT2D eigenvalue weighted by Gasteiger charge is -2.30. The van der Waals surface area contributed by atoms with E-state index in [-0.39, 0.29) is 12.1 Å². The van der Waals surface area contributed by atoms with Crippen LogP contribution in [0.3, 0.4) is 0 Å². The van der Waals surface area contributed by atoms with E-state index in [1.54, 1.807) is 13.0 Å². The molecule has 6 nitrogen and oxygen atoms in total. The quantitative estimate of drug-likeness (QED) is 0.867. The lowest BCUT2D eigenvalue weighted by molar-refractivity contribution is -0.272. The van der Waals surface area contributed by atoms with Crippen molar-refractivity contribution < 1.29 is 23.1 Å². The number of carbonyl (C=O) groups is 1. The van der Waals surface area contributed by atoms with E-state index in [0.717, 1.165) is 4.57 Å². The summed E-state index contributed by atoms with van der Waals surface area (Å²) >= 11 is 0. The first kappa shape index (κ1) is 17.9. The van der Waals surface area contributed by atoms with Gasteiger partial charge in [-0.15, -0.1) is 0 Å². The van der Waals surface area contributed by atoms with Gasteiger partial charge in [0, 0.05) is 44.3 Å². The zero-order valence-electron chi connectivity index (χ0n) is 13.1. The number of nitrogens with one attached hydrogen (secondary N) is 1. The number of hydrogen-bond acceptors (Lipinski definition) is 4. The van der Waals surface area contributed by atoms with Crippen LogP contribution < -0.4 is 5.32 Å². The van der Waals surface area contributed by atoms with Crippen molar-refractivity contribution in [2.75, 3.05) is 6.54 Å². The molecule has 1 unspecified atom stereocenters. The molecule has 2 N–H and O–H groups in total. The van der Waals surface area contributed by atoms with E-state index in [9.17, 15) is 23.1 Å². The van der Waals surface area contributed by atoms with Crippen LogP contribution in [0.25, 0.3) is 0 Å². The van der Waals surface area contributed by atoms with E-state index >= 15 is 0 Å². The highest BCUT2D eigenvalue weighted by atomic mass is 19.4. The van der Waals surface area contributed by atoms with E-state index in [1.165, 1.54) is 31.7 Å². The van der Waals surface area contributed by atoms with Crippen molar-refractivity contribution in [3.05, 3.63) is 47.8 Å². The molecule has 1 amide bonds. The highest BCUT2D eigenvalue weighted by Gasteiger charge is 2.57. The summed E-state index contributed by atoms with van der Waals surface area (Å²) in [5.41, 5.74) is -2.42. The molecule has 0 aliphatic rings. The number of hydrogen-bond donors (Lipinski definition) is 2. The maximum Gasteiger partial charge on any atom is 0.424 e. The second-order valence-corrected chi connectivity index (χ2v) is 5.36. The number of rotatable bonds is 5. The number of imidazole rings is 1. The Kier molecular flexibility index (Phi) is 4.93. The Balaban J connectivity index is 2.11. The third kappa shape index (κ3) is 3.40. The van der Waals surface area contributed by atoms with Crippen molar-refractivity contribution >= 4 is 5.91 Å². The van der Waals surface area contributed by atoms with Crippen molar-refractivity contribution in [2.45, 2.75) is 25.1 Å². The molecule has 0 bridgehead atoms. The van der Waals surface area contributed by atoms with Crippen molar-refractivity contribution in [3.63, 3.8) is 0 Å². The fourth-order valence-electron chi connectivity index (χ4n) is 2.32. The maximum absolute atomic E-state index is 13.3. The van der Waals surface area contributed by atoms with Gasteiger partial charge in [-0.1, -0.05) is 0 Å². The Morgan fingerprint density at radius 1 is 1.33 bits per heavy atom. The van der Waals surface area contributed by atoms with E-state index in [2.05, 4.69) is 15.3 Å². The fourth-order valence-corrected chi connectivity index (χ4v) is 2.32. The maximum atomic E-state index is 13.3. The largest absolute Gasteiger partial charge is 0.424 e. The Bertz CT molecular complexity index is 730. The average Bonchev–Trinajstić information content (AvgIpc) is 2.92. The van der Waals surface area contributed by atoms with Crippen molar-refractivity contribution in [3.8, 4) is 0 Å². The molecule has 9 heteroatoms. The molecule has 1 atom stereocenters. The van der Waals surface area contributed by atoms with Gasteiger partial charge in [0.1, 0.15) is 5.82 Å². The van der Waals surface area contributed by atoms with Crippen molar-refractivity contribution in [1.82, 2.24) is 19.9 Å². The highest BCUT2D eigenvalue weighted by Crippen LogP contribution is 2.40. The lowest BCUT2D eigenvalue weighted by Crippen LogP contribution is -2.46. The Morgan fingerprint density at radius 2 is 2.04 bits per heavy atom. The SMILES string of the molecule is Cc1ncccc1C(=O)NCCC(O)(c1nccn1C)C(F)(F)F. The molecule has 2 heterocycles. The standard InChI is InChI=1S/C15H17F3N4O2/c1-10-11(4-3-6-19-10)12(23)20-7-5-14(24,15(16,17)18)13-21-8-9-22(13)2/h3-4,6,8-9,24H,5,7H2,1-2H3,(H,20,23). The summed E-state index contributed by atoms with van der Waals surface area (Å²) in [5, 5.41) is 12.5.